The number of hydrogen-bond donors (Lipinski definition) is 0. The highest BCUT2D eigenvalue weighted by atomic mass is 16.7. The van der Waals surface area contributed by atoms with Crippen LogP contribution >= 0.6 is 0 Å². The molecule has 0 radical (unpaired) electrons. The quantitative estimate of drug-likeness (QED) is 0.629. The zero-order valence-corrected chi connectivity index (χ0v) is 19.2. The summed E-state index contributed by atoms with van der Waals surface area (Å²) in [5.74, 6) is 1.88. The van der Waals surface area contributed by atoms with Crippen molar-refractivity contribution in [3.05, 3.63) is 0 Å². The Kier molecular flexibility index (Phi) is 9.25. The molecular formula is C24H44O5. The van der Waals surface area contributed by atoms with E-state index in [1.807, 2.05) is 6.92 Å². The first kappa shape index (κ1) is 23.5. The van der Waals surface area contributed by atoms with Crippen LogP contribution in [0.3, 0.4) is 0 Å². The highest BCUT2D eigenvalue weighted by Gasteiger charge is 2.40. The Hall–Kier alpha value is -0.200. The Balaban J connectivity index is 0.000000166. The lowest BCUT2D eigenvalue weighted by Gasteiger charge is -2.43. The molecule has 170 valence electrons. The maximum Gasteiger partial charge on any atom is 0.157 e. The van der Waals surface area contributed by atoms with Gasteiger partial charge in [-0.25, -0.2) is 0 Å². The largest absolute Gasteiger partial charge is 0.375 e. The lowest BCUT2D eigenvalue weighted by Crippen LogP contribution is -2.51. The third kappa shape index (κ3) is 7.46. The van der Waals surface area contributed by atoms with E-state index in [1.54, 1.807) is 0 Å². The first-order valence-corrected chi connectivity index (χ1v) is 12.1. The highest BCUT2D eigenvalue weighted by Crippen LogP contribution is 2.32. The zero-order chi connectivity index (χ0) is 20.7. The Morgan fingerprint density at radius 3 is 1.48 bits per heavy atom. The standard InChI is InChI=1S/C14H26O.C10H18O4/c1-11-3-7-13(8-4-11)15-14-9-5-12(2)6-10-14;1-3-9-13-6-10(7-14-9)4-11-8(2)12-5-10/h11-14H,3-10H2,1-2H3;8-9H,3-7H2,1-2H3. The summed E-state index contributed by atoms with van der Waals surface area (Å²) < 4.78 is 28.3. The Morgan fingerprint density at radius 2 is 1.07 bits per heavy atom. The Bertz CT molecular complexity index is 416. The molecule has 0 atom stereocenters. The minimum Gasteiger partial charge on any atom is -0.375 e. The third-order valence-electron chi connectivity index (χ3n) is 7.04. The van der Waals surface area contributed by atoms with E-state index in [1.165, 1.54) is 51.4 Å². The molecule has 0 aromatic heterocycles. The van der Waals surface area contributed by atoms with Gasteiger partial charge in [-0.3, -0.25) is 0 Å². The molecule has 0 aromatic carbocycles. The summed E-state index contributed by atoms with van der Waals surface area (Å²) in [6, 6.07) is 0. The van der Waals surface area contributed by atoms with Crippen LogP contribution < -0.4 is 0 Å². The zero-order valence-electron chi connectivity index (χ0n) is 19.2. The van der Waals surface area contributed by atoms with Crippen LogP contribution in [0.4, 0.5) is 0 Å². The number of hydrogen-bond acceptors (Lipinski definition) is 5. The molecule has 4 aliphatic rings. The van der Waals surface area contributed by atoms with Crippen LogP contribution in [-0.2, 0) is 23.7 Å². The summed E-state index contributed by atoms with van der Waals surface area (Å²) in [6.07, 6.45) is 12.7. The second-order valence-corrected chi connectivity index (χ2v) is 10.0. The SMILES string of the molecule is CC1CCC(OC2CCC(C)CC2)CC1.CCC1OCC2(COC(C)OC2)CO1. The van der Waals surface area contributed by atoms with E-state index in [-0.39, 0.29) is 18.0 Å². The van der Waals surface area contributed by atoms with Gasteiger partial charge in [0.1, 0.15) is 0 Å². The van der Waals surface area contributed by atoms with Crippen LogP contribution in [0.1, 0.15) is 85.5 Å². The molecule has 5 nitrogen and oxygen atoms in total. The predicted octanol–water partition coefficient (Wildman–Crippen LogP) is 5.31. The first-order valence-electron chi connectivity index (χ1n) is 12.1. The molecule has 1 spiro atoms. The normalized spacial score (nSPS) is 43.4. The monoisotopic (exact) mass is 412 g/mol. The molecule has 4 rings (SSSR count). The summed E-state index contributed by atoms with van der Waals surface area (Å²) in [5.41, 5.74) is -0.0713. The second-order valence-electron chi connectivity index (χ2n) is 10.0. The lowest BCUT2D eigenvalue weighted by molar-refractivity contribution is -0.298. The van der Waals surface area contributed by atoms with Gasteiger partial charge in [0.05, 0.1) is 44.1 Å². The molecule has 0 unspecified atom stereocenters. The van der Waals surface area contributed by atoms with E-state index in [2.05, 4.69) is 20.8 Å². The van der Waals surface area contributed by atoms with Crippen molar-refractivity contribution < 1.29 is 23.7 Å². The molecule has 29 heavy (non-hydrogen) atoms. The van der Waals surface area contributed by atoms with Crippen molar-refractivity contribution in [2.45, 2.75) is 110 Å². The highest BCUT2D eigenvalue weighted by molar-refractivity contribution is 4.83. The van der Waals surface area contributed by atoms with Gasteiger partial charge in [0.25, 0.3) is 0 Å². The van der Waals surface area contributed by atoms with Gasteiger partial charge >= 0.3 is 0 Å². The van der Waals surface area contributed by atoms with E-state index in [0.717, 1.165) is 18.3 Å². The molecule has 0 N–H and O–H groups in total. The van der Waals surface area contributed by atoms with Crippen molar-refractivity contribution in [3.8, 4) is 0 Å². The van der Waals surface area contributed by atoms with Gasteiger partial charge in [0.15, 0.2) is 12.6 Å². The number of rotatable bonds is 3. The summed E-state index contributed by atoms with van der Waals surface area (Å²) in [4.78, 5) is 0. The predicted molar refractivity (Wildman–Crippen MR) is 114 cm³/mol. The topological polar surface area (TPSA) is 46.2 Å². The van der Waals surface area contributed by atoms with Gasteiger partial charge in [-0.2, -0.15) is 0 Å². The van der Waals surface area contributed by atoms with Crippen LogP contribution in [0.25, 0.3) is 0 Å². The molecule has 2 saturated heterocycles. The molecular weight excluding hydrogens is 368 g/mol. The van der Waals surface area contributed by atoms with Crippen LogP contribution in [0.15, 0.2) is 0 Å². The summed E-state index contributed by atoms with van der Waals surface area (Å²) in [7, 11) is 0. The Labute approximate surface area is 178 Å². The molecule has 2 aliphatic heterocycles. The minimum atomic E-state index is -0.0930. The van der Waals surface area contributed by atoms with E-state index >= 15 is 0 Å². The molecule has 0 aromatic rings. The average Bonchev–Trinajstić information content (AvgIpc) is 2.75. The first-order chi connectivity index (χ1) is 14.0. The fourth-order valence-electron chi connectivity index (χ4n) is 4.71. The van der Waals surface area contributed by atoms with Gasteiger partial charge in [-0.1, -0.05) is 20.8 Å². The van der Waals surface area contributed by atoms with Gasteiger partial charge in [0, 0.05) is 0 Å². The summed E-state index contributed by atoms with van der Waals surface area (Å²) in [6.45, 7) is 11.4. The van der Waals surface area contributed by atoms with Gasteiger partial charge in [-0.05, 0) is 76.5 Å². The smallest absolute Gasteiger partial charge is 0.157 e. The van der Waals surface area contributed by atoms with E-state index in [0.29, 0.717) is 38.6 Å². The van der Waals surface area contributed by atoms with Crippen molar-refractivity contribution in [1.29, 1.82) is 0 Å². The molecule has 2 aliphatic carbocycles. The maximum absolute atomic E-state index is 6.23. The van der Waals surface area contributed by atoms with Crippen molar-refractivity contribution >= 4 is 0 Å². The van der Waals surface area contributed by atoms with Crippen molar-refractivity contribution in [1.82, 2.24) is 0 Å². The van der Waals surface area contributed by atoms with Gasteiger partial charge < -0.3 is 23.7 Å². The summed E-state index contributed by atoms with van der Waals surface area (Å²) in [5, 5.41) is 0. The third-order valence-corrected chi connectivity index (χ3v) is 7.04. The number of ether oxygens (including phenoxy) is 5. The molecule has 2 heterocycles. The molecule has 4 fully saturated rings. The molecule has 0 amide bonds. The van der Waals surface area contributed by atoms with Crippen LogP contribution in [-0.4, -0.2) is 51.2 Å². The van der Waals surface area contributed by atoms with Crippen molar-refractivity contribution in [2.24, 2.45) is 17.3 Å². The molecule has 2 saturated carbocycles. The van der Waals surface area contributed by atoms with Crippen molar-refractivity contribution in [2.75, 3.05) is 26.4 Å². The minimum absolute atomic E-state index is 0.0417. The molecule has 5 heteroatoms. The van der Waals surface area contributed by atoms with E-state index < -0.39 is 0 Å². The van der Waals surface area contributed by atoms with Crippen LogP contribution in [0.5, 0.6) is 0 Å². The van der Waals surface area contributed by atoms with Crippen LogP contribution in [0, 0.1) is 17.3 Å². The second kappa shape index (κ2) is 11.4. The van der Waals surface area contributed by atoms with Crippen LogP contribution in [0.2, 0.25) is 0 Å². The van der Waals surface area contributed by atoms with E-state index in [9.17, 15) is 0 Å². The van der Waals surface area contributed by atoms with Gasteiger partial charge in [-0.15, -0.1) is 0 Å². The molecule has 0 bridgehead atoms. The van der Waals surface area contributed by atoms with E-state index in [4.69, 9.17) is 23.7 Å². The summed E-state index contributed by atoms with van der Waals surface area (Å²) >= 11 is 0. The maximum atomic E-state index is 6.23. The Morgan fingerprint density at radius 1 is 0.655 bits per heavy atom. The fourth-order valence-corrected chi connectivity index (χ4v) is 4.71. The average molecular weight is 413 g/mol. The van der Waals surface area contributed by atoms with Gasteiger partial charge in [0.2, 0.25) is 0 Å². The fraction of sp³-hybridized carbons (Fsp3) is 1.00. The van der Waals surface area contributed by atoms with Crippen molar-refractivity contribution in [3.63, 3.8) is 0 Å². The lowest BCUT2D eigenvalue weighted by atomic mass is 9.87.